The Labute approximate surface area is 200 Å². The fraction of sp³-hybridized carbons (Fsp3) is 0.200. The van der Waals surface area contributed by atoms with E-state index in [2.05, 4.69) is 0 Å². The smallest absolute Gasteiger partial charge is 0.269 e. The Morgan fingerprint density at radius 2 is 1.91 bits per heavy atom. The predicted molar refractivity (Wildman–Crippen MR) is 123 cm³/mol. The van der Waals surface area contributed by atoms with Crippen LogP contribution in [0.2, 0.25) is 0 Å². The highest BCUT2D eigenvalue weighted by Gasteiger charge is 2.65. The second-order valence-corrected chi connectivity index (χ2v) is 8.16. The van der Waals surface area contributed by atoms with E-state index in [1.807, 2.05) is 12.1 Å². The largest absolute Gasteiger partial charge is 0.497 e. The number of allylic oxidation sites excluding steroid dienone is 2. The number of nitrogens with zero attached hydrogens (tertiary/aromatic N) is 4. The Morgan fingerprint density at radius 1 is 1.20 bits per heavy atom. The number of ether oxygens (including phenoxy) is 1. The molecule has 2 heterocycles. The van der Waals surface area contributed by atoms with Crippen LogP contribution in [0.3, 0.4) is 0 Å². The average molecular weight is 469 g/mol. The van der Waals surface area contributed by atoms with Gasteiger partial charge in [0, 0.05) is 29.8 Å². The van der Waals surface area contributed by atoms with Crippen molar-refractivity contribution in [2.24, 2.45) is 11.1 Å². The average Bonchev–Trinajstić information content (AvgIpc) is 3.18. The highest BCUT2D eigenvalue weighted by Crippen LogP contribution is 2.54. The Bertz CT molecular complexity index is 1370. The summed E-state index contributed by atoms with van der Waals surface area (Å²) < 4.78 is 5.15. The molecule has 4 rings (SSSR count). The van der Waals surface area contributed by atoms with Gasteiger partial charge in [-0.15, -0.1) is 0 Å². The number of hydrogen-bond acceptors (Lipinski definition) is 8. The standard InChI is InChI=1S/C25H19N5O5/c1-35-19-8-6-16(7-9-19)23(31)22-21(17-3-2-4-18(11-17)30(33)34)25(14-27,24(28)32)20-10-5-15(12-26)13-29(20)22/h2-11,13,20-22H,1H3,(H2,28,32)/t20-,21-,22-,25-/m0/s1. The second-order valence-electron chi connectivity index (χ2n) is 8.16. The van der Waals surface area contributed by atoms with Crippen LogP contribution >= 0.6 is 0 Å². The summed E-state index contributed by atoms with van der Waals surface area (Å²) in [5, 5.41) is 31.3. The fourth-order valence-electron chi connectivity index (χ4n) is 4.87. The number of hydrogen-bond donors (Lipinski definition) is 1. The molecule has 0 aliphatic carbocycles. The molecule has 2 aliphatic rings. The number of ketones is 1. The molecule has 0 aromatic heterocycles. The Morgan fingerprint density at radius 3 is 2.49 bits per heavy atom. The number of Topliss-reactive ketones (excluding diaryl/α,β-unsaturated/α-hetero) is 1. The molecular weight excluding hydrogens is 450 g/mol. The minimum Gasteiger partial charge on any atom is -0.497 e. The van der Waals surface area contributed by atoms with Gasteiger partial charge in [-0.1, -0.05) is 18.2 Å². The van der Waals surface area contributed by atoms with E-state index in [0.29, 0.717) is 5.75 Å². The van der Waals surface area contributed by atoms with Crippen LogP contribution in [-0.4, -0.2) is 40.7 Å². The highest BCUT2D eigenvalue weighted by molar-refractivity contribution is 6.03. The molecule has 35 heavy (non-hydrogen) atoms. The number of carbonyl (C=O) groups is 2. The van der Waals surface area contributed by atoms with Crippen molar-refractivity contribution in [1.82, 2.24) is 4.90 Å². The van der Waals surface area contributed by atoms with Crippen molar-refractivity contribution in [1.29, 1.82) is 10.5 Å². The van der Waals surface area contributed by atoms with Gasteiger partial charge < -0.3 is 15.4 Å². The minimum absolute atomic E-state index is 0.213. The molecule has 0 unspecified atom stereocenters. The molecule has 4 atom stereocenters. The van der Waals surface area contributed by atoms with E-state index in [4.69, 9.17) is 10.5 Å². The number of non-ortho nitro benzene ring substituents is 1. The lowest BCUT2D eigenvalue weighted by Gasteiger charge is -2.31. The molecule has 1 saturated heterocycles. The maximum absolute atomic E-state index is 13.9. The Kier molecular flexibility index (Phi) is 5.81. The summed E-state index contributed by atoms with van der Waals surface area (Å²) in [7, 11) is 1.49. The maximum Gasteiger partial charge on any atom is 0.269 e. The van der Waals surface area contributed by atoms with Gasteiger partial charge in [-0.2, -0.15) is 10.5 Å². The normalized spacial score (nSPS) is 24.5. The van der Waals surface area contributed by atoms with Gasteiger partial charge in [0.25, 0.3) is 5.69 Å². The van der Waals surface area contributed by atoms with E-state index >= 15 is 0 Å². The lowest BCUT2D eigenvalue weighted by Crippen LogP contribution is -2.47. The molecule has 0 saturated carbocycles. The van der Waals surface area contributed by atoms with E-state index in [-0.39, 0.29) is 22.4 Å². The van der Waals surface area contributed by atoms with Crippen molar-refractivity contribution in [3.63, 3.8) is 0 Å². The van der Waals surface area contributed by atoms with E-state index in [1.165, 1.54) is 54.6 Å². The molecular formula is C25H19N5O5. The highest BCUT2D eigenvalue weighted by atomic mass is 16.6. The molecule has 1 amide bonds. The van der Waals surface area contributed by atoms with Crippen LogP contribution in [0.4, 0.5) is 5.69 Å². The number of primary amides is 1. The van der Waals surface area contributed by atoms with Crippen LogP contribution in [0.1, 0.15) is 21.8 Å². The topological polar surface area (TPSA) is 163 Å². The number of amides is 1. The van der Waals surface area contributed by atoms with Gasteiger partial charge in [0.05, 0.1) is 29.7 Å². The zero-order valence-electron chi connectivity index (χ0n) is 18.5. The summed E-state index contributed by atoms with van der Waals surface area (Å²) in [6, 6.07) is 13.7. The molecule has 0 spiro atoms. The van der Waals surface area contributed by atoms with Crippen molar-refractivity contribution in [2.45, 2.75) is 18.0 Å². The zero-order valence-corrected chi connectivity index (χ0v) is 18.5. The molecule has 10 nitrogen and oxygen atoms in total. The minimum atomic E-state index is -1.95. The first-order valence-electron chi connectivity index (χ1n) is 10.5. The van der Waals surface area contributed by atoms with Gasteiger partial charge in [-0.05, 0) is 35.9 Å². The van der Waals surface area contributed by atoms with Crippen molar-refractivity contribution in [3.05, 3.63) is 93.7 Å². The Balaban J connectivity index is 1.98. The van der Waals surface area contributed by atoms with Crippen LogP contribution in [0, 0.1) is 38.2 Å². The maximum atomic E-state index is 13.9. The summed E-state index contributed by atoms with van der Waals surface area (Å²) >= 11 is 0. The molecule has 174 valence electrons. The first-order chi connectivity index (χ1) is 16.8. The number of rotatable bonds is 6. The van der Waals surface area contributed by atoms with Crippen LogP contribution in [0.25, 0.3) is 0 Å². The van der Waals surface area contributed by atoms with E-state index in [1.54, 1.807) is 24.3 Å². The summed E-state index contributed by atoms with van der Waals surface area (Å²) in [6.45, 7) is 0. The number of nitrogens with two attached hydrogens (primary N) is 1. The van der Waals surface area contributed by atoms with Crippen molar-refractivity contribution in [3.8, 4) is 17.9 Å². The molecule has 1 fully saturated rings. The number of carbonyl (C=O) groups excluding carboxylic acids is 2. The summed E-state index contributed by atoms with van der Waals surface area (Å²) in [5.74, 6) is -2.06. The van der Waals surface area contributed by atoms with Gasteiger partial charge >= 0.3 is 0 Å². The van der Waals surface area contributed by atoms with E-state index in [0.717, 1.165) is 0 Å². The second kappa shape index (κ2) is 8.76. The van der Waals surface area contributed by atoms with Gasteiger partial charge in [0.2, 0.25) is 5.91 Å². The van der Waals surface area contributed by atoms with Crippen molar-refractivity contribution >= 4 is 17.4 Å². The first kappa shape index (κ1) is 23.2. The molecule has 2 aromatic carbocycles. The first-order valence-corrected chi connectivity index (χ1v) is 10.5. The molecule has 2 N–H and O–H groups in total. The lowest BCUT2D eigenvalue weighted by atomic mass is 9.67. The lowest BCUT2D eigenvalue weighted by molar-refractivity contribution is -0.384. The zero-order chi connectivity index (χ0) is 25.3. The number of fused-ring (bicyclic) bond motifs is 1. The van der Waals surface area contributed by atoms with Crippen LogP contribution < -0.4 is 10.5 Å². The third-order valence-corrected chi connectivity index (χ3v) is 6.47. The van der Waals surface area contributed by atoms with Crippen molar-refractivity contribution in [2.75, 3.05) is 7.11 Å². The fourth-order valence-corrected chi connectivity index (χ4v) is 4.87. The van der Waals surface area contributed by atoms with Crippen LogP contribution in [0.5, 0.6) is 5.75 Å². The number of nitriles is 2. The number of benzene rings is 2. The van der Waals surface area contributed by atoms with Crippen molar-refractivity contribution < 1.29 is 19.2 Å². The molecule has 10 heteroatoms. The van der Waals surface area contributed by atoms with E-state index in [9.17, 15) is 30.2 Å². The molecule has 0 radical (unpaired) electrons. The van der Waals surface area contributed by atoms with Gasteiger partial charge in [0.1, 0.15) is 17.9 Å². The van der Waals surface area contributed by atoms with Crippen LogP contribution in [0.15, 0.2) is 72.5 Å². The van der Waals surface area contributed by atoms with Gasteiger partial charge in [0.15, 0.2) is 11.2 Å². The van der Waals surface area contributed by atoms with Gasteiger partial charge in [-0.25, -0.2) is 0 Å². The SMILES string of the molecule is COc1ccc(C(=O)[C@@H]2[C@H](c3cccc([N+](=O)[O-])c3)[C@@](C#N)(C(N)=O)[C@@H]3C=CC(C#N)=CN23)cc1. The number of nitro groups is 1. The van der Waals surface area contributed by atoms with Crippen LogP contribution in [-0.2, 0) is 4.79 Å². The summed E-state index contributed by atoms with van der Waals surface area (Å²) in [6.07, 6.45) is 4.38. The van der Waals surface area contributed by atoms with Gasteiger partial charge in [-0.3, -0.25) is 19.7 Å². The predicted octanol–water partition coefficient (Wildman–Crippen LogP) is 2.60. The number of nitro benzene ring substituents is 1. The van der Waals surface area contributed by atoms with E-state index < -0.39 is 40.0 Å². The molecule has 2 aliphatic heterocycles. The molecule has 2 aromatic rings. The number of methoxy groups -OCH3 is 1. The summed E-state index contributed by atoms with van der Waals surface area (Å²) in [4.78, 5) is 39.2. The third-order valence-electron chi connectivity index (χ3n) is 6.47. The summed E-state index contributed by atoms with van der Waals surface area (Å²) in [5.41, 5.74) is 4.32. The third kappa shape index (κ3) is 3.58. The Hall–Kier alpha value is -4.96. The monoisotopic (exact) mass is 469 g/mol. The quantitative estimate of drug-likeness (QED) is 0.383. The molecule has 0 bridgehead atoms.